The first-order valence-electron chi connectivity index (χ1n) is 5.13. The molecule has 0 unspecified atom stereocenters. The summed E-state index contributed by atoms with van der Waals surface area (Å²) in [6, 6.07) is 6.97. The quantitative estimate of drug-likeness (QED) is 0.718. The summed E-state index contributed by atoms with van der Waals surface area (Å²) in [6.07, 6.45) is 2.03. The van der Waals surface area contributed by atoms with E-state index in [-0.39, 0.29) is 5.82 Å². The summed E-state index contributed by atoms with van der Waals surface area (Å²) in [5.74, 6) is 2.05. The lowest BCUT2D eigenvalue weighted by Gasteiger charge is -2.04. The second kappa shape index (κ2) is 4.71. The van der Waals surface area contributed by atoms with Crippen LogP contribution in [0.15, 0.2) is 30.5 Å². The van der Waals surface area contributed by atoms with Gasteiger partial charge >= 0.3 is 0 Å². The van der Waals surface area contributed by atoms with Crippen molar-refractivity contribution in [3.05, 3.63) is 36.3 Å². The second-order valence-electron chi connectivity index (χ2n) is 3.41. The van der Waals surface area contributed by atoms with Gasteiger partial charge in [0.05, 0.1) is 5.52 Å². The Hall–Kier alpha value is -0.960. The van der Waals surface area contributed by atoms with Gasteiger partial charge in [-0.15, -0.1) is 0 Å². The van der Waals surface area contributed by atoms with Crippen LogP contribution in [0, 0.1) is 5.82 Å². The van der Waals surface area contributed by atoms with Crippen molar-refractivity contribution in [2.75, 3.05) is 11.5 Å². The van der Waals surface area contributed by atoms with Crippen molar-refractivity contribution in [1.29, 1.82) is 0 Å². The first-order valence-corrected chi connectivity index (χ1v) is 6.29. The molecule has 0 aliphatic rings. The molecule has 0 atom stereocenters. The normalized spacial score (nSPS) is 11.1. The molecule has 1 nitrogen and oxygen atoms in total. The van der Waals surface area contributed by atoms with Gasteiger partial charge in [0.1, 0.15) is 5.82 Å². The first-order chi connectivity index (χ1) is 7.31. The van der Waals surface area contributed by atoms with Crippen LogP contribution in [0.4, 0.5) is 4.39 Å². The van der Waals surface area contributed by atoms with Gasteiger partial charge < -0.3 is 4.57 Å². The zero-order valence-corrected chi connectivity index (χ0v) is 9.56. The van der Waals surface area contributed by atoms with E-state index in [9.17, 15) is 4.39 Å². The number of nitrogens with zero attached hydrogens (tertiary/aromatic N) is 1. The van der Waals surface area contributed by atoms with Gasteiger partial charge in [0.25, 0.3) is 0 Å². The first kappa shape index (κ1) is 10.6. The maximum absolute atomic E-state index is 13.1. The Bertz CT molecular complexity index is 450. The van der Waals surface area contributed by atoms with Crippen molar-refractivity contribution in [2.45, 2.75) is 13.5 Å². The summed E-state index contributed by atoms with van der Waals surface area (Å²) in [4.78, 5) is 0. The van der Waals surface area contributed by atoms with Crippen molar-refractivity contribution in [3.63, 3.8) is 0 Å². The molecule has 2 aromatic rings. The van der Waals surface area contributed by atoms with Crippen molar-refractivity contribution < 1.29 is 4.39 Å². The molecule has 0 amide bonds. The molecule has 2 rings (SSSR count). The van der Waals surface area contributed by atoms with Crippen LogP contribution in [0.1, 0.15) is 6.92 Å². The Morgan fingerprint density at radius 1 is 1.33 bits per heavy atom. The molecule has 0 aliphatic heterocycles. The molecule has 0 saturated heterocycles. The average Bonchev–Trinajstić information content (AvgIpc) is 2.62. The largest absolute Gasteiger partial charge is 0.347 e. The predicted molar refractivity (Wildman–Crippen MR) is 64.9 cm³/mol. The van der Waals surface area contributed by atoms with Crippen LogP contribution in [-0.4, -0.2) is 16.1 Å². The standard InChI is InChI=1S/C12H14FNS/c1-2-15-8-7-14-6-5-10-3-4-11(13)9-12(10)14/h3-6,9H,2,7-8H2,1H3. The maximum Gasteiger partial charge on any atom is 0.125 e. The highest BCUT2D eigenvalue weighted by molar-refractivity contribution is 7.99. The van der Waals surface area contributed by atoms with E-state index in [0.29, 0.717) is 0 Å². The highest BCUT2D eigenvalue weighted by atomic mass is 32.2. The maximum atomic E-state index is 13.1. The number of halogens is 1. The summed E-state index contributed by atoms with van der Waals surface area (Å²) in [7, 11) is 0. The minimum atomic E-state index is -0.161. The fourth-order valence-electron chi connectivity index (χ4n) is 1.66. The van der Waals surface area contributed by atoms with Gasteiger partial charge in [0, 0.05) is 18.5 Å². The van der Waals surface area contributed by atoms with E-state index in [1.54, 1.807) is 6.07 Å². The molecular formula is C12H14FNS. The van der Waals surface area contributed by atoms with Gasteiger partial charge in [-0.05, 0) is 35.4 Å². The van der Waals surface area contributed by atoms with E-state index in [2.05, 4.69) is 11.5 Å². The predicted octanol–water partition coefficient (Wildman–Crippen LogP) is 3.53. The number of hydrogen-bond donors (Lipinski definition) is 0. The number of thioether (sulfide) groups is 1. The molecule has 3 heteroatoms. The molecule has 0 saturated carbocycles. The Labute approximate surface area is 93.3 Å². The summed E-state index contributed by atoms with van der Waals surface area (Å²) in [5.41, 5.74) is 0.992. The third kappa shape index (κ3) is 2.34. The van der Waals surface area contributed by atoms with Crippen molar-refractivity contribution in [1.82, 2.24) is 4.57 Å². The molecule has 0 spiro atoms. The molecule has 0 fully saturated rings. The van der Waals surface area contributed by atoms with Crippen LogP contribution in [0.5, 0.6) is 0 Å². The van der Waals surface area contributed by atoms with E-state index in [4.69, 9.17) is 0 Å². The summed E-state index contributed by atoms with van der Waals surface area (Å²) >= 11 is 1.90. The van der Waals surface area contributed by atoms with Crippen molar-refractivity contribution in [3.8, 4) is 0 Å². The SMILES string of the molecule is CCSCCn1ccc2ccc(F)cc21. The molecule has 0 bridgehead atoms. The number of rotatable bonds is 4. The van der Waals surface area contributed by atoms with Gasteiger partial charge in [-0.3, -0.25) is 0 Å². The topological polar surface area (TPSA) is 4.93 Å². The van der Waals surface area contributed by atoms with Gasteiger partial charge in [0.15, 0.2) is 0 Å². The lowest BCUT2D eigenvalue weighted by molar-refractivity contribution is 0.628. The number of benzene rings is 1. The van der Waals surface area contributed by atoms with E-state index in [0.717, 1.165) is 29.0 Å². The highest BCUT2D eigenvalue weighted by Crippen LogP contribution is 2.17. The molecule has 0 N–H and O–H groups in total. The van der Waals surface area contributed by atoms with Crippen LogP contribution >= 0.6 is 11.8 Å². The van der Waals surface area contributed by atoms with Crippen molar-refractivity contribution in [2.24, 2.45) is 0 Å². The van der Waals surface area contributed by atoms with Gasteiger partial charge in [-0.1, -0.05) is 6.92 Å². The number of hydrogen-bond acceptors (Lipinski definition) is 1. The zero-order chi connectivity index (χ0) is 10.7. The van der Waals surface area contributed by atoms with Gasteiger partial charge in [-0.25, -0.2) is 4.39 Å². The van der Waals surface area contributed by atoms with Crippen LogP contribution in [0.25, 0.3) is 10.9 Å². The minimum absolute atomic E-state index is 0.161. The number of fused-ring (bicyclic) bond motifs is 1. The van der Waals surface area contributed by atoms with E-state index in [1.807, 2.05) is 30.1 Å². The molecule has 80 valence electrons. The van der Waals surface area contributed by atoms with Crippen molar-refractivity contribution >= 4 is 22.7 Å². The third-order valence-electron chi connectivity index (χ3n) is 2.42. The Kier molecular flexibility index (Phi) is 3.31. The van der Waals surface area contributed by atoms with Gasteiger partial charge in [-0.2, -0.15) is 11.8 Å². The summed E-state index contributed by atoms with van der Waals surface area (Å²) < 4.78 is 15.2. The lowest BCUT2D eigenvalue weighted by Crippen LogP contribution is -1.98. The third-order valence-corrected chi connectivity index (χ3v) is 3.30. The van der Waals surface area contributed by atoms with Crippen LogP contribution in [-0.2, 0) is 6.54 Å². The smallest absolute Gasteiger partial charge is 0.125 e. The van der Waals surface area contributed by atoms with Crippen LogP contribution < -0.4 is 0 Å². The fraction of sp³-hybridized carbons (Fsp3) is 0.333. The van der Waals surface area contributed by atoms with Gasteiger partial charge in [0.2, 0.25) is 0 Å². The molecule has 1 aromatic carbocycles. The Morgan fingerprint density at radius 2 is 2.20 bits per heavy atom. The van der Waals surface area contributed by atoms with Crippen LogP contribution in [0.3, 0.4) is 0 Å². The number of aromatic nitrogens is 1. The zero-order valence-electron chi connectivity index (χ0n) is 8.74. The number of aryl methyl sites for hydroxylation is 1. The molecule has 15 heavy (non-hydrogen) atoms. The van der Waals surface area contributed by atoms with E-state index in [1.165, 1.54) is 6.07 Å². The molecular weight excluding hydrogens is 209 g/mol. The molecule has 1 aromatic heterocycles. The van der Waals surface area contributed by atoms with Crippen LogP contribution in [0.2, 0.25) is 0 Å². The molecule has 0 aliphatic carbocycles. The Balaban J connectivity index is 2.23. The summed E-state index contributed by atoms with van der Waals surface area (Å²) in [6.45, 7) is 3.10. The van der Waals surface area contributed by atoms with E-state index >= 15 is 0 Å². The minimum Gasteiger partial charge on any atom is -0.347 e. The molecule has 0 radical (unpaired) electrons. The lowest BCUT2D eigenvalue weighted by atomic mass is 10.2. The molecule has 1 heterocycles. The summed E-state index contributed by atoms with van der Waals surface area (Å²) in [5, 5.41) is 1.11. The highest BCUT2D eigenvalue weighted by Gasteiger charge is 2.01. The fourth-order valence-corrected chi connectivity index (χ4v) is 2.27. The van der Waals surface area contributed by atoms with E-state index < -0.39 is 0 Å². The average molecular weight is 223 g/mol. The Morgan fingerprint density at radius 3 is 3.00 bits per heavy atom. The monoisotopic (exact) mass is 223 g/mol. The second-order valence-corrected chi connectivity index (χ2v) is 4.80.